The van der Waals surface area contributed by atoms with Crippen molar-refractivity contribution in [2.45, 2.75) is 32.8 Å². The highest BCUT2D eigenvalue weighted by atomic mass is 16.5. The quantitative estimate of drug-likeness (QED) is 0.240. The van der Waals surface area contributed by atoms with Crippen molar-refractivity contribution in [1.82, 2.24) is 0 Å². The van der Waals surface area contributed by atoms with Gasteiger partial charge in [0, 0.05) is 0 Å². The number of carbonyl (C=O) groups excluding carboxylic acids is 1. The monoisotopic (exact) mass is 390 g/mol. The van der Waals surface area contributed by atoms with Crippen LogP contribution in [0.3, 0.4) is 0 Å². The molecular weight excluding hydrogens is 364 g/mol. The van der Waals surface area contributed by atoms with Gasteiger partial charge in [-0.2, -0.15) is 0 Å². The standard InChI is InChI=1S/C25H26O4/c1-2-3-7-18-27-22-14-16-24(17-15-22)29-25(26)21-10-12-23(13-11-21)28-19-20-8-5-4-6-9-20/h4-6,8-17H,2-3,7,18-19H2,1H3. The van der Waals surface area contributed by atoms with Crippen LogP contribution in [0.15, 0.2) is 78.9 Å². The molecule has 0 N–H and O–H groups in total. The Labute approximate surface area is 172 Å². The van der Waals surface area contributed by atoms with Crippen molar-refractivity contribution in [3.05, 3.63) is 90.0 Å². The zero-order valence-electron chi connectivity index (χ0n) is 16.7. The van der Waals surface area contributed by atoms with Crippen LogP contribution in [0.25, 0.3) is 0 Å². The van der Waals surface area contributed by atoms with E-state index in [4.69, 9.17) is 14.2 Å². The number of carbonyl (C=O) groups is 1. The number of hydrogen-bond donors (Lipinski definition) is 0. The van der Waals surface area contributed by atoms with Gasteiger partial charge in [0.15, 0.2) is 0 Å². The van der Waals surface area contributed by atoms with Gasteiger partial charge in [0.25, 0.3) is 0 Å². The Morgan fingerprint density at radius 1 is 0.724 bits per heavy atom. The fourth-order valence-electron chi connectivity index (χ4n) is 2.74. The van der Waals surface area contributed by atoms with Gasteiger partial charge in [0.05, 0.1) is 12.2 Å². The topological polar surface area (TPSA) is 44.8 Å². The molecule has 3 aromatic rings. The summed E-state index contributed by atoms with van der Waals surface area (Å²) in [6.07, 6.45) is 3.36. The fourth-order valence-corrected chi connectivity index (χ4v) is 2.74. The molecule has 0 fully saturated rings. The van der Waals surface area contributed by atoms with Crippen LogP contribution in [-0.4, -0.2) is 12.6 Å². The Bertz CT molecular complexity index is 871. The second-order valence-corrected chi connectivity index (χ2v) is 6.72. The van der Waals surface area contributed by atoms with E-state index in [1.54, 1.807) is 36.4 Å². The van der Waals surface area contributed by atoms with Gasteiger partial charge in [-0.05, 0) is 60.5 Å². The summed E-state index contributed by atoms with van der Waals surface area (Å²) < 4.78 is 16.8. The summed E-state index contributed by atoms with van der Waals surface area (Å²) in [5.74, 6) is 1.56. The van der Waals surface area contributed by atoms with Crippen LogP contribution >= 0.6 is 0 Å². The van der Waals surface area contributed by atoms with Crippen LogP contribution in [-0.2, 0) is 6.61 Å². The first kappa shape index (κ1) is 20.5. The highest BCUT2D eigenvalue weighted by Crippen LogP contribution is 2.20. The largest absolute Gasteiger partial charge is 0.494 e. The minimum absolute atomic E-state index is 0.406. The Morgan fingerprint density at radius 2 is 1.34 bits per heavy atom. The van der Waals surface area contributed by atoms with Gasteiger partial charge < -0.3 is 14.2 Å². The molecule has 3 rings (SSSR count). The van der Waals surface area contributed by atoms with E-state index in [1.165, 1.54) is 6.42 Å². The maximum atomic E-state index is 12.3. The SMILES string of the molecule is CCCCCOc1ccc(OC(=O)c2ccc(OCc3ccccc3)cc2)cc1. The van der Waals surface area contributed by atoms with Gasteiger partial charge in [-0.3, -0.25) is 0 Å². The van der Waals surface area contributed by atoms with E-state index >= 15 is 0 Å². The highest BCUT2D eigenvalue weighted by Gasteiger charge is 2.09. The van der Waals surface area contributed by atoms with Crippen molar-refractivity contribution in [3.63, 3.8) is 0 Å². The predicted octanol–water partition coefficient (Wildman–Crippen LogP) is 6.05. The summed E-state index contributed by atoms with van der Waals surface area (Å²) in [5, 5.41) is 0. The normalized spacial score (nSPS) is 10.4. The second kappa shape index (κ2) is 10.9. The van der Waals surface area contributed by atoms with Gasteiger partial charge in [0.1, 0.15) is 23.9 Å². The van der Waals surface area contributed by atoms with Crippen molar-refractivity contribution in [3.8, 4) is 17.2 Å². The molecule has 0 radical (unpaired) electrons. The second-order valence-electron chi connectivity index (χ2n) is 6.72. The van der Waals surface area contributed by atoms with E-state index in [2.05, 4.69) is 6.92 Å². The van der Waals surface area contributed by atoms with Crippen LogP contribution in [0.1, 0.15) is 42.1 Å². The van der Waals surface area contributed by atoms with E-state index in [0.717, 1.165) is 24.2 Å². The lowest BCUT2D eigenvalue weighted by atomic mass is 10.2. The zero-order chi connectivity index (χ0) is 20.3. The highest BCUT2D eigenvalue weighted by molar-refractivity contribution is 5.91. The molecular formula is C25H26O4. The van der Waals surface area contributed by atoms with E-state index < -0.39 is 5.97 Å². The number of unbranched alkanes of at least 4 members (excludes halogenated alkanes) is 2. The van der Waals surface area contributed by atoms with Crippen molar-refractivity contribution in [1.29, 1.82) is 0 Å². The number of hydrogen-bond acceptors (Lipinski definition) is 4. The molecule has 0 aliphatic rings. The Hall–Kier alpha value is -3.27. The molecule has 4 heteroatoms. The third kappa shape index (κ3) is 6.68. The maximum Gasteiger partial charge on any atom is 0.343 e. The molecule has 0 aliphatic carbocycles. The average Bonchev–Trinajstić information content (AvgIpc) is 2.77. The third-order valence-electron chi connectivity index (χ3n) is 4.39. The fraction of sp³-hybridized carbons (Fsp3) is 0.240. The average molecular weight is 390 g/mol. The minimum Gasteiger partial charge on any atom is -0.494 e. The Kier molecular flexibility index (Phi) is 7.70. The van der Waals surface area contributed by atoms with Crippen molar-refractivity contribution >= 4 is 5.97 Å². The van der Waals surface area contributed by atoms with Gasteiger partial charge in [0.2, 0.25) is 0 Å². The van der Waals surface area contributed by atoms with E-state index in [0.29, 0.717) is 30.3 Å². The number of benzene rings is 3. The third-order valence-corrected chi connectivity index (χ3v) is 4.39. The lowest BCUT2D eigenvalue weighted by molar-refractivity contribution is 0.0734. The van der Waals surface area contributed by atoms with Gasteiger partial charge in [-0.25, -0.2) is 4.79 Å². The van der Waals surface area contributed by atoms with E-state index in [1.807, 2.05) is 42.5 Å². The molecule has 29 heavy (non-hydrogen) atoms. The van der Waals surface area contributed by atoms with E-state index in [9.17, 15) is 4.79 Å². The van der Waals surface area contributed by atoms with Crippen molar-refractivity contribution < 1.29 is 19.0 Å². The first-order valence-electron chi connectivity index (χ1n) is 9.96. The first-order chi connectivity index (χ1) is 14.2. The molecule has 3 aromatic carbocycles. The molecule has 0 heterocycles. The number of rotatable bonds is 10. The zero-order valence-corrected chi connectivity index (χ0v) is 16.7. The smallest absolute Gasteiger partial charge is 0.343 e. The molecule has 0 unspecified atom stereocenters. The summed E-state index contributed by atoms with van der Waals surface area (Å²) in [7, 11) is 0. The van der Waals surface area contributed by atoms with E-state index in [-0.39, 0.29) is 0 Å². The van der Waals surface area contributed by atoms with Crippen LogP contribution in [0, 0.1) is 0 Å². The van der Waals surface area contributed by atoms with Crippen molar-refractivity contribution in [2.24, 2.45) is 0 Å². The lowest BCUT2D eigenvalue weighted by Gasteiger charge is -2.09. The maximum absolute atomic E-state index is 12.3. The lowest BCUT2D eigenvalue weighted by Crippen LogP contribution is -2.08. The number of ether oxygens (including phenoxy) is 3. The molecule has 150 valence electrons. The molecule has 0 atom stereocenters. The molecule has 0 aliphatic heterocycles. The Morgan fingerprint density at radius 3 is 2.03 bits per heavy atom. The van der Waals surface area contributed by atoms with Gasteiger partial charge >= 0.3 is 5.97 Å². The first-order valence-corrected chi connectivity index (χ1v) is 9.96. The molecule has 4 nitrogen and oxygen atoms in total. The molecule has 0 bridgehead atoms. The van der Waals surface area contributed by atoms with Gasteiger partial charge in [-0.15, -0.1) is 0 Å². The molecule has 0 aromatic heterocycles. The predicted molar refractivity (Wildman–Crippen MR) is 114 cm³/mol. The summed E-state index contributed by atoms with van der Waals surface area (Å²) >= 11 is 0. The van der Waals surface area contributed by atoms with Crippen LogP contribution in [0.5, 0.6) is 17.2 Å². The van der Waals surface area contributed by atoms with Crippen LogP contribution in [0.4, 0.5) is 0 Å². The molecule has 0 saturated heterocycles. The summed E-state index contributed by atoms with van der Waals surface area (Å²) in [4.78, 5) is 12.3. The summed E-state index contributed by atoms with van der Waals surface area (Å²) in [6.45, 7) is 3.34. The molecule has 0 spiro atoms. The van der Waals surface area contributed by atoms with Gasteiger partial charge in [-0.1, -0.05) is 50.1 Å². The minimum atomic E-state index is -0.406. The van der Waals surface area contributed by atoms with Crippen LogP contribution in [0.2, 0.25) is 0 Å². The molecule has 0 amide bonds. The number of esters is 1. The van der Waals surface area contributed by atoms with Crippen LogP contribution < -0.4 is 14.2 Å². The van der Waals surface area contributed by atoms with Crippen molar-refractivity contribution in [2.75, 3.05) is 6.61 Å². The molecule has 0 saturated carbocycles. The summed E-state index contributed by atoms with van der Waals surface area (Å²) in [6, 6.07) is 24.0. The Balaban J connectivity index is 1.48. The summed E-state index contributed by atoms with van der Waals surface area (Å²) in [5.41, 5.74) is 1.56.